The van der Waals surface area contributed by atoms with Crippen LogP contribution in [-0.2, 0) is 4.74 Å². The van der Waals surface area contributed by atoms with Crippen LogP contribution in [0.15, 0.2) is 18.2 Å². The van der Waals surface area contributed by atoms with Gasteiger partial charge in [0.25, 0.3) is 0 Å². The van der Waals surface area contributed by atoms with Gasteiger partial charge in [-0.25, -0.2) is 4.79 Å². The lowest BCUT2D eigenvalue weighted by molar-refractivity contribution is 0.0527. The highest BCUT2D eigenvalue weighted by Crippen LogP contribution is 2.24. The minimum absolute atomic E-state index is 0.263. The van der Waals surface area contributed by atoms with Gasteiger partial charge in [0.2, 0.25) is 0 Å². The fourth-order valence-electron chi connectivity index (χ4n) is 1.06. The maximum Gasteiger partial charge on any atom is 0.341 e. The third kappa shape index (κ3) is 2.16. The molecule has 1 aromatic rings. The third-order valence-electron chi connectivity index (χ3n) is 1.65. The van der Waals surface area contributed by atoms with Crippen molar-refractivity contribution < 1.29 is 9.53 Å². The number of carbonyl (C=O) groups excluding carboxylic acids is 1. The zero-order valence-electron chi connectivity index (χ0n) is 7.71. The van der Waals surface area contributed by atoms with Gasteiger partial charge in [0, 0.05) is 0 Å². The van der Waals surface area contributed by atoms with Gasteiger partial charge in [-0.05, 0) is 19.1 Å². The van der Waals surface area contributed by atoms with E-state index in [0.29, 0.717) is 17.3 Å². The summed E-state index contributed by atoms with van der Waals surface area (Å²) in [5.41, 5.74) is 3.11. The molecule has 1 rings (SSSR count). The fraction of sp³-hybridized carbons (Fsp3) is 0.222. The van der Waals surface area contributed by atoms with Crippen LogP contribution >= 0.6 is 11.6 Å². The summed E-state index contributed by atoms with van der Waals surface area (Å²) in [5, 5.41) is 0.318. The van der Waals surface area contributed by atoms with Crippen molar-refractivity contribution in [3.8, 4) is 0 Å². The van der Waals surface area contributed by atoms with Crippen LogP contribution < -0.4 is 11.3 Å². The van der Waals surface area contributed by atoms with Crippen LogP contribution in [0.4, 0.5) is 5.69 Å². The molecule has 0 bridgehead atoms. The SMILES string of the molecule is CCOC(=O)c1c(Cl)cccc1NN. The molecule has 3 N–H and O–H groups in total. The molecule has 1 aromatic carbocycles. The molecule has 0 unspecified atom stereocenters. The largest absolute Gasteiger partial charge is 0.462 e. The van der Waals surface area contributed by atoms with E-state index in [1.807, 2.05) is 0 Å². The first-order valence-corrected chi connectivity index (χ1v) is 4.50. The Morgan fingerprint density at radius 2 is 2.36 bits per heavy atom. The molecule has 4 nitrogen and oxygen atoms in total. The molecule has 0 amide bonds. The lowest BCUT2D eigenvalue weighted by Gasteiger charge is -2.09. The minimum atomic E-state index is -0.481. The number of carbonyl (C=O) groups is 1. The second-order valence-corrected chi connectivity index (χ2v) is 2.93. The van der Waals surface area contributed by atoms with Crippen molar-refractivity contribution in [1.29, 1.82) is 0 Å². The maximum absolute atomic E-state index is 11.4. The van der Waals surface area contributed by atoms with Crippen LogP contribution in [-0.4, -0.2) is 12.6 Å². The van der Waals surface area contributed by atoms with E-state index in [4.69, 9.17) is 22.2 Å². The quantitative estimate of drug-likeness (QED) is 0.458. The Morgan fingerprint density at radius 1 is 1.64 bits per heavy atom. The van der Waals surface area contributed by atoms with E-state index < -0.39 is 5.97 Å². The van der Waals surface area contributed by atoms with E-state index in [0.717, 1.165) is 0 Å². The first kappa shape index (κ1) is 10.8. The van der Waals surface area contributed by atoms with Gasteiger partial charge in [0.1, 0.15) is 5.56 Å². The average molecular weight is 215 g/mol. The normalized spacial score (nSPS) is 9.64. The number of nitrogens with one attached hydrogen (secondary N) is 1. The molecule has 0 heterocycles. The molecular formula is C9H11ClN2O2. The first-order chi connectivity index (χ1) is 6.70. The molecule has 14 heavy (non-hydrogen) atoms. The standard InChI is InChI=1S/C9H11ClN2O2/c1-2-14-9(13)8-6(10)4-3-5-7(8)12-11/h3-5,12H,2,11H2,1H3. The Morgan fingerprint density at radius 3 is 2.93 bits per heavy atom. The molecule has 5 heteroatoms. The van der Waals surface area contributed by atoms with Gasteiger partial charge in [-0.15, -0.1) is 0 Å². The number of ether oxygens (including phenoxy) is 1. The zero-order chi connectivity index (χ0) is 10.6. The van der Waals surface area contributed by atoms with Gasteiger partial charge in [-0.2, -0.15) is 0 Å². The smallest absolute Gasteiger partial charge is 0.341 e. The number of esters is 1. The van der Waals surface area contributed by atoms with Crippen molar-refractivity contribution in [2.45, 2.75) is 6.92 Å². The summed E-state index contributed by atoms with van der Waals surface area (Å²) in [5.74, 6) is 4.76. The van der Waals surface area contributed by atoms with E-state index in [-0.39, 0.29) is 5.56 Å². The number of hydrogen-bond acceptors (Lipinski definition) is 4. The number of hydrogen-bond donors (Lipinski definition) is 2. The molecule has 0 fully saturated rings. The average Bonchev–Trinajstić information content (AvgIpc) is 2.17. The highest BCUT2D eigenvalue weighted by atomic mass is 35.5. The number of nitrogen functional groups attached to an aromatic ring is 1. The number of halogens is 1. The van der Waals surface area contributed by atoms with Gasteiger partial charge < -0.3 is 10.2 Å². The highest BCUT2D eigenvalue weighted by molar-refractivity contribution is 6.34. The van der Waals surface area contributed by atoms with E-state index in [1.165, 1.54) is 0 Å². The zero-order valence-corrected chi connectivity index (χ0v) is 8.47. The van der Waals surface area contributed by atoms with Crippen molar-refractivity contribution in [3.05, 3.63) is 28.8 Å². The van der Waals surface area contributed by atoms with Crippen molar-refractivity contribution in [2.24, 2.45) is 5.84 Å². The van der Waals surface area contributed by atoms with Gasteiger partial charge in [-0.3, -0.25) is 5.84 Å². The van der Waals surface area contributed by atoms with Crippen molar-refractivity contribution >= 4 is 23.3 Å². The number of anilines is 1. The number of benzene rings is 1. The Balaban J connectivity index is 3.10. The van der Waals surface area contributed by atoms with Crippen molar-refractivity contribution in [2.75, 3.05) is 12.0 Å². The van der Waals surface area contributed by atoms with E-state index in [2.05, 4.69) is 5.43 Å². The number of hydrazine groups is 1. The summed E-state index contributed by atoms with van der Waals surface area (Å²) in [6.07, 6.45) is 0. The predicted molar refractivity (Wildman–Crippen MR) is 55.2 cm³/mol. The van der Waals surface area contributed by atoms with Crippen LogP contribution in [0, 0.1) is 0 Å². The van der Waals surface area contributed by atoms with Crippen LogP contribution in [0.2, 0.25) is 5.02 Å². The summed E-state index contributed by atoms with van der Waals surface area (Å²) in [7, 11) is 0. The Kier molecular flexibility index (Phi) is 3.73. The molecular weight excluding hydrogens is 204 g/mol. The lowest BCUT2D eigenvalue weighted by atomic mass is 10.2. The number of nitrogens with two attached hydrogens (primary N) is 1. The summed E-state index contributed by atoms with van der Waals surface area (Å²) in [6, 6.07) is 4.95. The molecule has 0 aliphatic carbocycles. The van der Waals surface area contributed by atoms with Gasteiger partial charge in [0.05, 0.1) is 17.3 Å². The van der Waals surface area contributed by atoms with E-state index in [9.17, 15) is 4.79 Å². The topological polar surface area (TPSA) is 64.3 Å². The van der Waals surface area contributed by atoms with Crippen molar-refractivity contribution in [3.63, 3.8) is 0 Å². The Labute approximate surface area is 87.0 Å². The monoisotopic (exact) mass is 214 g/mol. The van der Waals surface area contributed by atoms with E-state index >= 15 is 0 Å². The van der Waals surface area contributed by atoms with Crippen molar-refractivity contribution in [1.82, 2.24) is 0 Å². The molecule has 76 valence electrons. The minimum Gasteiger partial charge on any atom is -0.462 e. The molecule has 0 spiro atoms. The number of rotatable bonds is 3. The van der Waals surface area contributed by atoms with E-state index in [1.54, 1.807) is 25.1 Å². The van der Waals surface area contributed by atoms with Crippen LogP contribution in [0.3, 0.4) is 0 Å². The summed E-state index contributed by atoms with van der Waals surface area (Å²) in [6.45, 7) is 2.03. The summed E-state index contributed by atoms with van der Waals surface area (Å²) < 4.78 is 4.83. The molecule has 0 radical (unpaired) electrons. The lowest BCUT2D eigenvalue weighted by Crippen LogP contribution is -2.14. The molecule has 0 atom stereocenters. The van der Waals surface area contributed by atoms with Crippen LogP contribution in [0.1, 0.15) is 17.3 Å². The fourth-order valence-corrected chi connectivity index (χ4v) is 1.31. The second-order valence-electron chi connectivity index (χ2n) is 2.53. The molecule has 0 saturated carbocycles. The van der Waals surface area contributed by atoms with Crippen LogP contribution in [0.25, 0.3) is 0 Å². The van der Waals surface area contributed by atoms with Gasteiger partial charge in [-0.1, -0.05) is 17.7 Å². The highest BCUT2D eigenvalue weighted by Gasteiger charge is 2.15. The predicted octanol–water partition coefficient (Wildman–Crippen LogP) is 1.80. The Hall–Kier alpha value is -1.26. The second kappa shape index (κ2) is 4.83. The first-order valence-electron chi connectivity index (χ1n) is 4.13. The summed E-state index contributed by atoms with van der Waals surface area (Å²) in [4.78, 5) is 11.4. The van der Waals surface area contributed by atoms with Gasteiger partial charge in [0.15, 0.2) is 0 Å². The summed E-state index contributed by atoms with van der Waals surface area (Å²) >= 11 is 5.84. The van der Waals surface area contributed by atoms with Gasteiger partial charge >= 0.3 is 5.97 Å². The Bertz CT molecular complexity index is 342. The van der Waals surface area contributed by atoms with Crippen LogP contribution in [0.5, 0.6) is 0 Å². The molecule has 0 aliphatic rings. The molecule has 0 aromatic heterocycles. The third-order valence-corrected chi connectivity index (χ3v) is 1.96. The molecule has 0 aliphatic heterocycles. The molecule has 0 saturated heterocycles. The maximum atomic E-state index is 11.4.